The molecule has 2 nitrogen and oxygen atoms in total. The zero-order valence-electron chi connectivity index (χ0n) is 9.75. The van der Waals surface area contributed by atoms with Crippen LogP contribution in [0, 0.1) is 5.82 Å². The average Bonchev–Trinajstić information content (AvgIpc) is 2.34. The van der Waals surface area contributed by atoms with Crippen LogP contribution in [0.25, 0.3) is 0 Å². The first-order valence-corrected chi connectivity index (χ1v) is 7.46. The standard InChI is InChI=1S/C12H16ClFN2S/c1-17-10-4-2-9(3-5-10)16-12-11(14)6-8(13)7-15-12/h6-7,9-10H,2-5H2,1H3,(H,15,16). The summed E-state index contributed by atoms with van der Waals surface area (Å²) in [4.78, 5) is 3.99. The molecule has 5 heteroatoms. The van der Waals surface area contributed by atoms with Gasteiger partial charge in [-0.05, 0) is 38.0 Å². The minimum absolute atomic E-state index is 0.321. The maximum Gasteiger partial charge on any atom is 0.166 e. The molecule has 1 N–H and O–H groups in total. The highest BCUT2D eigenvalue weighted by molar-refractivity contribution is 7.99. The van der Waals surface area contributed by atoms with E-state index in [4.69, 9.17) is 11.6 Å². The number of thioether (sulfide) groups is 1. The van der Waals surface area contributed by atoms with Crippen LogP contribution in [0.4, 0.5) is 10.2 Å². The van der Waals surface area contributed by atoms with E-state index in [2.05, 4.69) is 16.6 Å². The van der Waals surface area contributed by atoms with Crippen LogP contribution in [0.1, 0.15) is 25.7 Å². The van der Waals surface area contributed by atoms with Crippen molar-refractivity contribution >= 4 is 29.2 Å². The Balaban J connectivity index is 1.93. The van der Waals surface area contributed by atoms with E-state index in [1.807, 2.05) is 11.8 Å². The molecular weight excluding hydrogens is 259 g/mol. The van der Waals surface area contributed by atoms with Gasteiger partial charge in [0.2, 0.25) is 0 Å². The molecule has 1 aliphatic rings. The number of hydrogen-bond donors (Lipinski definition) is 1. The number of halogens is 2. The van der Waals surface area contributed by atoms with Crippen molar-refractivity contribution in [2.45, 2.75) is 37.0 Å². The van der Waals surface area contributed by atoms with Gasteiger partial charge in [0.25, 0.3) is 0 Å². The van der Waals surface area contributed by atoms with E-state index in [9.17, 15) is 4.39 Å². The summed E-state index contributed by atoms with van der Waals surface area (Å²) in [5, 5.41) is 4.26. The summed E-state index contributed by atoms with van der Waals surface area (Å²) in [6.45, 7) is 0. The second-order valence-electron chi connectivity index (χ2n) is 4.34. The molecule has 1 aliphatic carbocycles. The molecule has 94 valence electrons. The van der Waals surface area contributed by atoms with Gasteiger partial charge >= 0.3 is 0 Å². The van der Waals surface area contributed by atoms with Gasteiger partial charge in [-0.2, -0.15) is 11.8 Å². The molecule has 2 rings (SSSR count). The first-order chi connectivity index (χ1) is 8.19. The molecular formula is C12H16ClFN2S. The number of aromatic nitrogens is 1. The van der Waals surface area contributed by atoms with E-state index in [0.29, 0.717) is 16.9 Å². The Morgan fingerprint density at radius 2 is 2.12 bits per heavy atom. The van der Waals surface area contributed by atoms with Crippen molar-refractivity contribution in [3.05, 3.63) is 23.1 Å². The topological polar surface area (TPSA) is 24.9 Å². The van der Waals surface area contributed by atoms with Gasteiger partial charge < -0.3 is 5.32 Å². The maximum absolute atomic E-state index is 13.5. The smallest absolute Gasteiger partial charge is 0.166 e. The lowest BCUT2D eigenvalue weighted by atomic mass is 9.95. The van der Waals surface area contributed by atoms with Crippen molar-refractivity contribution in [2.75, 3.05) is 11.6 Å². The summed E-state index contributed by atoms with van der Waals surface area (Å²) in [6.07, 6.45) is 8.16. The molecule has 0 saturated heterocycles. The third-order valence-electron chi connectivity index (χ3n) is 3.16. The van der Waals surface area contributed by atoms with Crippen LogP contribution < -0.4 is 5.32 Å². The molecule has 1 heterocycles. The van der Waals surface area contributed by atoms with E-state index < -0.39 is 0 Å². The summed E-state index contributed by atoms with van der Waals surface area (Å²) in [5.41, 5.74) is 0. The second-order valence-corrected chi connectivity index (χ2v) is 5.91. The molecule has 0 atom stereocenters. The van der Waals surface area contributed by atoms with Gasteiger partial charge in [-0.15, -0.1) is 0 Å². The highest BCUT2D eigenvalue weighted by atomic mass is 35.5. The van der Waals surface area contributed by atoms with Gasteiger partial charge in [-0.1, -0.05) is 11.6 Å². The summed E-state index contributed by atoms with van der Waals surface area (Å²) < 4.78 is 13.5. The molecule has 1 saturated carbocycles. The molecule has 17 heavy (non-hydrogen) atoms. The number of nitrogens with zero attached hydrogens (tertiary/aromatic N) is 1. The molecule has 0 bridgehead atoms. The number of hydrogen-bond acceptors (Lipinski definition) is 3. The SMILES string of the molecule is CSC1CCC(Nc2ncc(Cl)cc2F)CC1. The van der Waals surface area contributed by atoms with E-state index in [1.54, 1.807) is 0 Å². The highest BCUT2D eigenvalue weighted by Crippen LogP contribution is 2.29. The van der Waals surface area contributed by atoms with Crippen molar-refractivity contribution in [2.24, 2.45) is 0 Å². The first-order valence-electron chi connectivity index (χ1n) is 5.79. The lowest BCUT2D eigenvalue weighted by Crippen LogP contribution is -2.27. The third-order valence-corrected chi connectivity index (χ3v) is 4.50. The third kappa shape index (κ3) is 3.49. The van der Waals surface area contributed by atoms with Crippen LogP contribution in [0.2, 0.25) is 5.02 Å². The fourth-order valence-electron chi connectivity index (χ4n) is 2.16. The Morgan fingerprint density at radius 1 is 1.41 bits per heavy atom. The van der Waals surface area contributed by atoms with Crippen molar-refractivity contribution < 1.29 is 4.39 Å². The largest absolute Gasteiger partial charge is 0.365 e. The molecule has 1 aromatic rings. The monoisotopic (exact) mass is 274 g/mol. The zero-order chi connectivity index (χ0) is 12.3. The van der Waals surface area contributed by atoms with Gasteiger partial charge in [-0.3, -0.25) is 0 Å². The van der Waals surface area contributed by atoms with Crippen molar-refractivity contribution in [3.8, 4) is 0 Å². The Morgan fingerprint density at radius 3 is 2.71 bits per heavy atom. The Kier molecular flexibility index (Phi) is 4.51. The summed E-state index contributed by atoms with van der Waals surface area (Å²) in [5.74, 6) is -0.0495. The second kappa shape index (κ2) is 5.91. The Labute approximate surface area is 110 Å². The van der Waals surface area contributed by atoms with E-state index in [1.165, 1.54) is 25.1 Å². The number of anilines is 1. The lowest BCUT2D eigenvalue weighted by molar-refractivity contribution is 0.469. The summed E-state index contributed by atoms with van der Waals surface area (Å²) in [7, 11) is 0. The molecule has 0 aliphatic heterocycles. The Bertz CT molecular complexity index is 381. The van der Waals surface area contributed by atoms with Crippen molar-refractivity contribution in [3.63, 3.8) is 0 Å². The van der Waals surface area contributed by atoms with Crippen LogP contribution in [-0.2, 0) is 0 Å². The highest BCUT2D eigenvalue weighted by Gasteiger charge is 2.21. The van der Waals surface area contributed by atoms with Gasteiger partial charge in [0.1, 0.15) is 0 Å². The molecule has 0 aromatic carbocycles. The fraction of sp³-hybridized carbons (Fsp3) is 0.583. The van der Waals surface area contributed by atoms with Gasteiger partial charge in [-0.25, -0.2) is 9.37 Å². The minimum Gasteiger partial charge on any atom is -0.365 e. The van der Waals surface area contributed by atoms with Gasteiger partial charge in [0.05, 0.1) is 5.02 Å². The summed E-state index contributed by atoms with van der Waals surface area (Å²) in [6, 6.07) is 1.63. The number of nitrogens with one attached hydrogen (secondary N) is 1. The number of pyridine rings is 1. The zero-order valence-corrected chi connectivity index (χ0v) is 11.3. The van der Waals surface area contributed by atoms with Crippen LogP contribution in [0.5, 0.6) is 0 Å². The lowest BCUT2D eigenvalue weighted by Gasteiger charge is -2.28. The molecule has 1 aromatic heterocycles. The Hall–Kier alpha value is -0.480. The van der Waals surface area contributed by atoms with Crippen molar-refractivity contribution in [1.82, 2.24) is 4.98 Å². The molecule has 1 fully saturated rings. The first kappa shape index (κ1) is 13.0. The molecule has 0 unspecified atom stereocenters. The van der Waals surface area contributed by atoms with Crippen LogP contribution in [-0.4, -0.2) is 22.5 Å². The van der Waals surface area contributed by atoms with Gasteiger partial charge in [0, 0.05) is 17.5 Å². The maximum atomic E-state index is 13.5. The predicted octanol–water partition coefficient (Wildman–Crippen LogP) is 3.96. The molecule has 0 spiro atoms. The quantitative estimate of drug-likeness (QED) is 0.903. The van der Waals surface area contributed by atoms with Crippen LogP contribution in [0.3, 0.4) is 0 Å². The predicted molar refractivity (Wildman–Crippen MR) is 72.4 cm³/mol. The van der Waals surface area contributed by atoms with E-state index in [-0.39, 0.29) is 5.82 Å². The van der Waals surface area contributed by atoms with E-state index in [0.717, 1.165) is 18.1 Å². The molecule has 0 amide bonds. The average molecular weight is 275 g/mol. The van der Waals surface area contributed by atoms with E-state index >= 15 is 0 Å². The van der Waals surface area contributed by atoms with Crippen LogP contribution >= 0.6 is 23.4 Å². The minimum atomic E-state index is -0.371. The molecule has 0 radical (unpaired) electrons. The van der Waals surface area contributed by atoms with Crippen LogP contribution in [0.15, 0.2) is 12.3 Å². The van der Waals surface area contributed by atoms with Crippen molar-refractivity contribution in [1.29, 1.82) is 0 Å². The van der Waals surface area contributed by atoms with Gasteiger partial charge in [0.15, 0.2) is 11.6 Å². The fourth-order valence-corrected chi connectivity index (χ4v) is 3.05. The summed E-state index contributed by atoms with van der Waals surface area (Å²) >= 11 is 7.59. The number of rotatable bonds is 3. The normalized spacial score (nSPS) is 24.6.